The van der Waals surface area contributed by atoms with Crippen molar-refractivity contribution in [1.82, 2.24) is 0 Å². The molecule has 0 spiro atoms. The zero-order chi connectivity index (χ0) is 39.5. The number of hydrogen-bond donors (Lipinski definition) is 6. The average Bonchev–Trinajstić information content (AvgIpc) is 3.04. The minimum Gasteiger partial charge on any atom is -0.459 e. The second-order valence-electron chi connectivity index (χ2n) is 16.8. The summed E-state index contributed by atoms with van der Waals surface area (Å²) in [4.78, 5) is 17.0. The SMILES string of the molecule is CC1CC(C)C(O)C(O[C@@H]2[C@@H](C)[C@H](OC3CC(C)(C)C(O)C(C)O3)[C@@H](C)C(=O)O[C@H](CCN=[N+]=[N-])[C@@](C)(O)[C@H](O)[C@@H](C)/C(=N\O)[C@H](C)C[C@@]2(C)O)O1. The Bertz CT molecular complexity index is 1280. The van der Waals surface area contributed by atoms with Crippen LogP contribution in [0.3, 0.4) is 0 Å². The topological polar surface area (TPSA) is 246 Å². The van der Waals surface area contributed by atoms with Crippen molar-refractivity contribution >= 4 is 11.7 Å². The van der Waals surface area contributed by atoms with Gasteiger partial charge in [-0.3, -0.25) is 4.79 Å². The molecule has 3 saturated heterocycles. The van der Waals surface area contributed by atoms with Gasteiger partial charge in [0.05, 0.1) is 53.9 Å². The van der Waals surface area contributed by atoms with Crippen LogP contribution in [0.15, 0.2) is 10.3 Å². The van der Waals surface area contributed by atoms with Crippen LogP contribution in [0, 0.1) is 35.0 Å². The van der Waals surface area contributed by atoms with Crippen LogP contribution in [0.1, 0.15) is 102 Å². The Hall–Kier alpha value is -2.11. The van der Waals surface area contributed by atoms with Crippen LogP contribution in [0.2, 0.25) is 0 Å². The maximum atomic E-state index is 14.2. The number of carbonyl (C=O) groups is 1. The van der Waals surface area contributed by atoms with Gasteiger partial charge in [-0.05, 0) is 70.7 Å². The van der Waals surface area contributed by atoms with E-state index in [4.69, 9.17) is 29.2 Å². The molecular formula is C36H64N4O12. The zero-order valence-corrected chi connectivity index (χ0v) is 32.6. The van der Waals surface area contributed by atoms with E-state index in [0.29, 0.717) is 6.42 Å². The van der Waals surface area contributed by atoms with E-state index in [1.807, 2.05) is 27.7 Å². The molecule has 0 aromatic rings. The van der Waals surface area contributed by atoms with Gasteiger partial charge in [-0.25, -0.2) is 0 Å². The highest BCUT2D eigenvalue weighted by Gasteiger charge is 2.52. The minimum absolute atomic E-state index is 0.0550. The van der Waals surface area contributed by atoms with Gasteiger partial charge in [0.15, 0.2) is 12.6 Å². The second kappa shape index (κ2) is 17.6. The number of rotatable bonds is 7. The van der Waals surface area contributed by atoms with E-state index in [1.165, 1.54) is 13.8 Å². The van der Waals surface area contributed by atoms with Gasteiger partial charge >= 0.3 is 5.97 Å². The quantitative estimate of drug-likeness (QED) is 0.0546. The highest BCUT2D eigenvalue weighted by atomic mass is 16.7. The molecular weight excluding hydrogens is 680 g/mol. The molecule has 17 atom stereocenters. The molecule has 3 heterocycles. The first-order chi connectivity index (χ1) is 24.0. The van der Waals surface area contributed by atoms with Crippen molar-refractivity contribution in [2.75, 3.05) is 6.54 Å². The summed E-state index contributed by atoms with van der Waals surface area (Å²) in [5, 5.41) is 75.1. The van der Waals surface area contributed by atoms with Crippen molar-refractivity contribution in [1.29, 1.82) is 0 Å². The molecule has 16 nitrogen and oxygen atoms in total. The first kappa shape index (κ1) is 44.3. The summed E-state index contributed by atoms with van der Waals surface area (Å²) in [5.41, 5.74) is 4.47. The maximum absolute atomic E-state index is 14.2. The van der Waals surface area contributed by atoms with Crippen LogP contribution < -0.4 is 0 Å². The summed E-state index contributed by atoms with van der Waals surface area (Å²) in [6.45, 7) is 18.4. The largest absolute Gasteiger partial charge is 0.459 e. The molecule has 0 radical (unpaired) electrons. The first-order valence-corrected chi connectivity index (χ1v) is 18.5. The summed E-state index contributed by atoms with van der Waals surface area (Å²) >= 11 is 0. The predicted octanol–water partition coefficient (Wildman–Crippen LogP) is 3.66. The van der Waals surface area contributed by atoms with Crippen molar-refractivity contribution in [2.45, 2.75) is 174 Å². The van der Waals surface area contributed by atoms with E-state index in [9.17, 15) is 35.5 Å². The van der Waals surface area contributed by atoms with Crippen LogP contribution in [-0.2, 0) is 28.5 Å². The van der Waals surface area contributed by atoms with Crippen molar-refractivity contribution in [3.05, 3.63) is 10.4 Å². The van der Waals surface area contributed by atoms with E-state index < -0.39 is 102 Å². The fraction of sp³-hybridized carbons (Fsp3) is 0.944. The van der Waals surface area contributed by atoms with Gasteiger partial charge in [0.2, 0.25) is 0 Å². The van der Waals surface area contributed by atoms with Gasteiger partial charge in [-0.15, -0.1) is 0 Å². The third-order valence-corrected chi connectivity index (χ3v) is 11.6. The average molecular weight is 745 g/mol. The Labute approximate surface area is 307 Å². The van der Waals surface area contributed by atoms with Gasteiger partial charge in [-0.2, -0.15) is 0 Å². The molecule has 0 amide bonds. The number of oxime groups is 1. The molecule has 0 aliphatic carbocycles. The number of ether oxygens (including phenoxy) is 5. The molecule has 52 heavy (non-hydrogen) atoms. The lowest BCUT2D eigenvalue weighted by Gasteiger charge is -2.48. The lowest BCUT2D eigenvalue weighted by molar-refractivity contribution is -0.312. The molecule has 6 N–H and O–H groups in total. The summed E-state index contributed by atoms with van der Waals surface area (Å²) in [5.74, 6) is -4.69. The lowest BCUT2D eigenvalue weighted by Crippen LogP contribution is -2.59. The van der Waals surface area contributed by atoms with Gasteiger partial charge in [0.1, 0.15) is 17.8 Å². The molecule has 0 saturated carbocycles. The minimum atomic E-state index is -2.13. The molecule has 16 heteroatoms. The summed E-state index contributed by atoms with van der Waals surface area (Å²) < 4.78 is 31.3. The predicted molar refractivity (Wildman–Crippen MR) is 189 cm³/mol. The fourth-order valence-electron chi connectivity index (χ4n) is 8.47. The Balaban J connectivity index is 2.21. The summed E-state index contributed by atoms with van der Waals surface area (Å²) in [6, 6.07) is 0. The zero-order valence-electron chi connectivity index (χ0n) is 32.6. The number of nitrogens with zero attached hydrogens (tertiary/aromatic N) is 4. The smallest absolute Gasteiger partial charge is 0.311 e. The molecule has 3 aliphatic rings. The Morgan fingerprint density at radius 1 is 0.923 bits per heavy atom. The summed E-state index contributed by atoms with van der Waals surface area (Å²) in [7, 11) is 0. The van der Waals surface area contributed by atoms with Crippen LogP contribution in [0.4, 0.5) is 0 Å². The number of esters is 1. The number of azide groups is 1. The van der Waals surface area contributed by atoms with E-state index in [2.05, 4.69) is 15.2 Å². The Morgan fingerprint density at radius 2 is 1.56 bits per heavy atom. The van der Waals surface area contributed by atoms with Gasteiger partial charge < -0.3 is 54.4 Å². The molecule has 7 unspecified atom stereocenters. The third-order valence-electron chi connectivity index (χ3n) is 11.6. The second-order valence-corrected chi connectivity index (χ2v) is 16.8. The first-order valence-electron chi connectivity index (χ1n) is 18.5. The van der Waals surface area contributed by atoms with E-state index in [-0.39, 0.29) is 43.5 Å². The maximum Gasteiger partial charge on any atom is 0.311 e. The van der Waals surface area contributed by atoms with Gasteiger partial charge in [-0.1, -0.05) is 51.8 Å². The molecule has 0 bridgehead atoms. The molecule has 3 rings (SSSR count). The monoisotopic (exact) mass is 744 g/mol. The summed E-state index contributed by atoms with van der Waals surface area (Å²) in [6.07, 6.45) is -9.48. The number of hydrogen-bond acceptors (Lipinski definition) is 14. The highest BCUT2D eigenvalue weighted by Crippen LogP contribution is 2.42. The van der Waals surface area contributed by atoms with Crippen molar-refractivity contribution in [2.24, 2.45) is 45.3 Å². The normalized spacial score (nSPS) is 47.6. The number of aliphatic hydroxyl groups excluding tert-OH is 3. The number of carbonyl (C=O) groups excluding carboxylic acids is 1. The standard InChI is InChI=1S/C36H64N4O12/c1-17-14-19(3)48-33(27(17)41)52-31-21(5)28(51-25-16-34(8,9)30(43)23(7)49-25)22(6)32(44)50-24(12-13-38-40-37)36(11,46)29(42)20(4)26(39-47)18(2)15-35(31,10)45/h17-25,27-31,33,41-43,45-47H,12-16H2,1-11H3/b39-26-/t17?,18-,19?,20+,21+,22-,23?,24-,25?,27?,28+,29-,30?,31-,33?,35-,36-/m1/s1. The van der Waals surface area contributed by atoms with Crippen molar-refractivity contribution in [3.63, 3.8) is 0 Å². The van der Waals surface area contributed by atoms with Gasteiger partial charge in [0, 0.05) is 35.6 Å². The molecule has 0 aromatic carbocycles. The molecule has 3 aliphatic heterocycles. The molecule has 300 valence electrons. The Morgan fingerprint density at radius 3 is 2.13 bits per heavy atom. The number of cyclic esters (lactones) is 1. The third kappa shape index (κ3) is 9.95. The molecule has 0 aromatic heterocycles. The van der Waals surface area contributed by atoms with Crippen LogP contribution in [-0.4, -0.2) is 122 Å². The van der Waals surface area contributed by atoms with Crippen LogP contribution >= 0.6 is 0 Å². The van der Waals surface area contributed by atoms with E-state index in [1.54, 1.807) is 34.6 Å². The van der Waals surface area contributed by atoms with Crippen LogP contribution in [0.25, 0.3) is 10.4 Å². The number of aliphatic hydroxyl groups is 5. The lowest BCUT2D eigenvalue weighted by atomic mass is 9.73. The Kier molecular flexibility index (Phi) is 15.0. The van der Waals surface area contributed by atoms with E-state index in [0.717, 1.165) is 0 Å². The van der Waals surface area contributed by atoms with Crippen molar-refractivity contribution < 1.29 is 59.2 Å². The van der Waals surface area contributed by atoms with Crippen LogP contribution in [0.5, 0.6) is 0 Å². The van der Waals surface area contributed by atoms with E-state index >= 15 is 0 Å². The van der Waals surface area contributed by atoms with Crippen molar-refractivity contribution in [3.8, 4) is 0 Å². The van der Waals surface area contributed by atoms with Gasteiger partial charge in [0.25, 0.3) is 0 Å². The highest BCUT2D eigenvalue weighted by molar-refractivity contribution is 5.88. The fourth-order valence-corrected chi connectivity index (χ4v) is 8.47. The molecule has 3 fully saturated rings.